The van der Waals surface area contributed by atoms with Gasteiger partial charge in [0, 0.05) is 12.6 Å². The van der Waals surface area contributed by atoms with Crippen LogP contribution in [0.3, 0.4) is 0 Å². The van der Waals surface area contributed by atoms with Crippen LogP contribution in [0.5, 0.6) is 0 Å². The summed E-state index contributed by atoms with van der Waals surface area (Å²) in [6.07, 6.45) is 0. The first kappa shape index (κ1) is 14.7. The molecule has 0 aliphatic carbocycles. The zero-order valence-corrected chi connectivity index (χ0v) is 12.6. The van der Waals surface area contributed by atoms with E-state index in [9.17, 15) is 9.59 Å². The summed E-state index contributed by atoms with van der Waals surface area (Å²) in [7, 11) is 0. The standard InChI is InChI=1S/C11H13N5O2S2/c1-3-16-8(17)6-5-7(15-16)9(18)12-10-13-14-11(20-10)19-4-2/h5-6H,3-4H2,1-2H3,(H,12,13,18). The number of hydrogen-bond donors (Lipinski definition) is 1. The van der Waals surface area contributed by atoms with Crippen molar-refractivity contribution in [3.05, 3.63) is 28.2 Å². The van der Waals surface area contributed by atoms with Crippen LogP contribution in [-0.4, -0.2) is 31.6 Å². The second kappa shape index (κ2) is 6.62. The molecule has 0 saturated carbocycles. The summed E-state index contributed by atoms with van der Waals surface area (Å²) in [5, 5.41) is 14.8. The quantitative estimate of drug-likeness (QED) is 0.664. The van der Waals surface area contributed by atoms with E-state index in [2.05, 4.69) is 20.6 Å². The van der Waals surface area contributed by atoms with Crippen molar-refractivity contribution in [2.45, 2.75) is 24.7 Å². The van der Waals surface area contributed by atoms with Gasteiger partial charge in [-0.05, 0) is 18.7 Å². The predicted octanol–water partition coefficient (Wildman–Crippen LogP) is 1.48. The summed E-state index contributed by atoms with van der Waals surface area (Å²) in [6, 6.07) is 2.72. The van der Waals surface area contributed by atoms with Crippen LogP contribution < -0.4 is 10.9 Å². The normalized spacial score (nSPS) is 10.5. The third-order valence-corrected chi connectivity index (χ3v) is 4.15. The third kappa shape index (κ3) is 3.42. The minimum Gasteiger partial charge on any atom is -0.295 e. The van der Waals surface area contributed by atoms with E-state index in [4.69, 9.17) is 0 Å². The number of aryl methyl sites for hydroxylation is 1. The van der Waals surface area contributed by atoms with Crippen molar-refractivity contribution in [2.75, 3.05) is 11.1 Å². The van der Waals surface area contributed by atoms with Gasteiger partial charge >= 0.3 is 0 Å². The largest absolute Gasteiger partial charge is 0.295 e. The molecule has 2 aromatic heterocycles. The molecule has 106 valence electrons. The van der Waals surface area contributed by atoms with E-state index < -0.39 is 5.91 Å². The van der Waals surface area contributed by atoms with Gasteiger partial charge in [-0.25, -0.2) is 4.68 Å². The maximum absolute atomic E-state index is 12.0. The number of nitrogens with one attached hydrogen (secondary N) is 1. The average molecular weight is 311 g/mol. The molecular weight excluding hydrogens is 298 g/mol. The van der Waals surface area contributed by atoms with Crippen molar-refractivity contribution in [1.29, 1.82) is 0 Å². The van der Waals surface area contributed by atoms with Crippen LogP contribution in [-0.2, 0) is 6.54 Å². The Morgan fingerprint density at radius 3 is 2.90 bits per heavy atom. The fourth-order valence-electron chi connectivity index (χ4n) is 1.40. The molecule has 20 heavy (non-hydrogen) atoms. The topological polar surface area (TPSA) is 89.8 Å². The summed E-state index contributed by atoms with van der Waals surface area (Å²) < 4.78 is 2.03. The lowest BCUT2D eigenvalue weighted by molar-refractivity contribution is 0.102. The van der Waals surface area contributed by atoms with Crippen molar-refractivity contribution in [2.24, 2.45) is 0 Å². The lowest BCUT2D eigenvalue weighted by Gasteiger charge is -2.03. The highest BCUT2D eigenvalue weighted by atomic mass is 32.2. The number of rotatable bonds is 5. The van der Waals surface area contributed by atoms with Crippen molar-refractivity contribution < 1.29 is 4.79 Å². The highest BCUT2D eigenvalue weighted by molar-refractivity contribution is 8.01. The fraction of sp³-hybridized carbons (Fsp3) is 0.364. The predicted molar refractivity (Wildman–Crippen MR) is 78.4 cm³/mol. The molecule has 0 atom stereocenters. The molecule has 0 saturated heterocycles. The molecule has 2 heterocycles. The summed E-state index contributed by atoms with van der Waals surface area (Å²) in [4.78, 5) is 23.4. The average Bonchev–Trinajstić information content (AvgIpc) is 2.87. The Morgan fingerprint density at radius 2 is 2.20 bits per heavy atom. The van der Waals surface area contributed by atoms with Gasteiger partial charge in [-0.1, -0.05) is 30.0 Å². The summed E-state index contributed by atoms with van der Waals surface area (Å²) in [5.41, 5.74) is -0.0621. The Balaban J connectivity index is 2.13. The number of carbonyl (C=O) groups excluding carboxylic acids is 1. The summed E-state index contributed by atoms with van der Waals surface area (Å²) >= 11 is 2.87. The fourth-order valence-corrected chi connectivity index (χ4v) is 3.04. The molecule has 1 N–H and O–H groups in total. The minimum atomic E-state index is -0.406. The monoisotopic (exact) mass is 311 g/mol. The third-order valence-electron chi connectivity index (χ3n) is 2.29. The second-order valence-electron chi connectivity index (χ2n) is 3.63. The molecule has 0 spiro atoms. The Morgan fingerprint density at radius 1 is 1.40 bits per heavy atom. The first-order chi connectivity index (χ1) is 9.63. The molecule has 0 aromatic carbocycles. The minimum absolute atomic E-state index is 0.173. The Hall–Kier alpha value is -1.74. The maximum atomic E-state index is 12.0. The van der Waals surface area contributed by atoms with E-state index >= 15 is 0 Å². The Labute approximate surface area is 123 Å². The number of thioether (sulfide) groups is 1. The number of anilines is 1. The van der Waals surface area contributed by atoms with Crippen LogP contribution in [0.4, 0.5) is 5.13 Å². The number of nitrogens with zero attached hydrogens (tertiary/aromatic N) is 4. The molecule has 1 amide bonds. The first-order valence-corrected chi connectivity index (χ1v) is 7.80. The van der Waals surface area contributed by atoms with Crippen molar-refractivity contribution >= 4 is 34.1 Å². The number of amides is 1. The van der Waals surface area contributed by atoms with Gasteiger partial charge in [-0.3, -0.25) is 14.9 Å². The van der Waals surface area contributed by atoms with Crippen molar-refractivity contribution in [3.63, 3.8) is 0 Å². The molecule has 2 aromatic rings. The second-order valence-corrected chi connectivity index (χ2v) is 6.12. The van der Waals surface area contributed by atoms with E-state index in [-0.39, 0.29) is 11.3 Å². The van der Waals surface area contributed by atoms with E-state index in [1.165, 1.54) is 28.2 Å². The molecule has 0 aliphatic rings. The molecule has 9 heteroatoms. The van der Waals surface area contributed by atoms with E-state index in [1.807, 2.05) is 6.92 Å². The SMILES string of the molecule is CCSc1nnc(NC(=O)c2ccc(=O)n(CC)n2)s1. The molecule has 0 aliphatic heterocycles. The van der Waals surface area contributed by atoms with Gasteiger partial charge in [-0.15, -0.1) is 10.2 Å². The summed E-state index contributed by atoms with van der Waals surface area (Å²) in [5.74, 6) is 0.488. The molecule has 2 rings (SSSR count). The molecule has 0 unspecified atom stereocenters. The highest BCUT2D eigenvalue weighted by Crippen LogP contribution is 2.25. The smallest absolute Gasteiger partial charge is 0.277 e. The van der Waals surface area contributed by atoms with Gasteiger partial charge in [0.05, 0.1) is 0 Å². The molecule has 7 nitrogen and oxygen atoms in total. The Kier molecular flexibility index (Phi) is 4.85. The molecule has 0 fully saturated rings. The van der Waals surface area contributed by atoms with Gasteiger partial charge < -0.3 is 0 Å². The van der Waals surface area contributed by atoms with Crippen LogP contribution in [0.15, 0.2) is 21.3 Å². The number of carbonyl (C=O) groups is 1. The van der Waals surface area contributed by atoms with Gasteiger partial charge in [0.25, 0.3) is 11.5 Å². The molecule has 0 bridgehead atoms. The zero-order chi connectivity index (χ0) is 14.5. The van der Waals surface area contributed by atoms with E-state index in [0.29, 0.717) is 11.7 Å². The lowest BCUT2D eigenvalue weighted by Crippen LogP contribution is -2.25. The van der Waals surface area contributed by atoms with Crippen LogP contribution in [0.25, 0.3) is 0 Å². The maximum Gasteiger partial charge on any atom is 0.277 e. The first-order valence-electron chi connectivity index (χ1n) is 5.99. The van der Waals surface area contributed by atoms with Gasteiger partial charge in [0.15, 0.2) is 4.34 Å². The van der Waals surface area contributed by atoms with Crippen LogP contribution in [0, 0.1) is 0 Å². The summed E-state index contributed by atoms with van der Waals surface area (Å²) in [6.45, 7) is 4.22. The Bertz CT molecular complexity index is 667. The zero-order valence-electron chi connectivity index (χ0n) is 11.0. The van der Waals surface area contributed by atoms with Gasteiger partial charge in [0.1, 0.15) is 5.69 Å². The number of aromatic nitrogens is 4. The molecule has 0 radical (unpaired) electrons. The number of hydrogen-bond acceptors (Lipinski definition) is 7. The van der Waals surface area contributed by atoms with Crippen LogP contribution in [0.1, 0.15) is 24.3 Å². The highest BCUT2D eigenvalue weighted by Gasteiger charge is 2.12. The van der Waals surface area contributed by atoms with Gasteiger partial charge in [0.2, 0.25) is 5.13 Å². The van der Waals surface area contributed by atoms with Crippen LogP contribution in [0.2, 0.25) is 0 Å². The van der Waals surface area contributed by atoms with Crippen molar-refractivity contribution in [3.8, 4) is 0 Å². The van der Waals surface area contributed by atoms with Crippen molar-refractivity contribution in [1.82, 2.24) is 20.0 Å². The van der Waals surface area contributed by atoms with Crippen LogP contribution >= 0.6 is 23.1 Å². The lowest BCUT2D eigenvalue weighted by atomic mass is 10.3. The van der Waals surface area contributed by atoms with E-state index in [0.717, 1.165) is 10.1 Å². The van der Waals surface area contributed by atoms with E-state index in [1.54, 1.807) is 18.7 Å². The van der Waals surface area contributed by atoms with Gasteiger partial charge in [-0.2, -0.15) is 5.10 Å². The molecular formula is C11H13N5O2S2.